The normalized spacial score (nSPS) is 10.9. The molecule has 0 fully saturated rings. The van der Waals surface area contributed by atoms with Crippen molar-refractivity contribution < 1.29 is 37.3 Å². The molecule has 0 saturated carbocycles. The lowest BCUT2D eigenvalue weighted by Gasteiger charge is -2.14. The average molecular weight is 267 g/mol. The number of methoxy groups -OCH3 is 2. The first-order valence-electron chi connectivity index (χ1n) is 4.40. The first-order chi connectivity index (χ1) is 8.30. The molecule has 0 bridgehead atoms. The van der Waals surface area contributed by atoms with Crippen molar-refractivity contribution in [3.63, 3.8) is 0 Å². The van der Waals surface area contributed by atoms with Crippen molar-refractivity contribution in [2.75, 3.05) is 14.2 Å². The predicted octanol–water partition coefficient (Wildman–Crippen LogP) is 1.48. The van der Waals surface area contributed by atoms with Gasteiger partial charge in [-0.05, 0) is 0 Å². The van der Waals surface area contributed by atoms with Crippen LogP contribution in [0.15, 0.2) is 6.20 Å². The highest BCUT2D eigenvalue weighted by molar-refractivity contribution is 5.93. The summed E-state index contributed by atoms with van der Waals surface area (Å²) >= 11 is 0. The molecule has 100 valence electrons. The van der Waals surface area contributed by atoms with E-state index < -0.39 is 35.3 Å². The van der Waals surface area contributed by atoms with E-state index in [1.54, 1.807) is 0 Å². The second-order valence-corrected chi connectivity index (χ2v) is 2.90. The van der Waals surface area contributed by atoms with Crippen LogP contribution in [0.1, 0.15) is 10.4 Å². The summed E-state index contributed by atoms with van der Waals surface area (Å²) in [6, 6.07) is 0. The van der Waals surface area contributed by atoms with Crippen LogP contribution in [0.25, 0.3) is 0 Å². The molecule has 0 spiro atoms. The number of aromatic nitrogens is 1. The van der Waals surface area contributed by atoms with Crippen LogP contribution >= 0.6 is 0 Å². The quantitative estimate of drug-likeness (QED) is 0.836. The highest BCUT2D eigenvalue weighted by Crippen LogP contribution is 2.40. The van der Waals surface area contributed by atoms with Crippen molar-refractivity contribution in [1.82, 2.24) is 4.98 Å². The van der Waals surface area contributed by atoms with Gasteiger partial charge in [0.05, 0.1) is 14.2 Å². The van der Waals surface area contributed by atoms with Crippen molar-refractivity contribution in [2.24, 2.45) is 0 Å². The Morgan fingerprint density at radius 2 is 2.00 bits per heavy atom. The van der Waals surface area contributed by atoms with Gasteiger partial charge in [-0.3, -0.25) is 0 Å². The maximum atomic E-state index is 12.2. The molecular weight excluding hydrogens is 259 g/mol. The summed E-state index contributed by atoms with van der Waals surface area (Å²) in [7, 11) is 2.04. The monoisotopic (exact) mass is 267 g/mol. The molecule has 1 aromatic rings. The molecule has 1 N–H and O–H groups in total. The average Bonchev–Trinajstić information content (AvgIpc) is 2.29. The topological polar surface area (TPSA) is 77.9 Å². The number of hydrogen-bond donors (Lipinski definition) is 1. The molecule has 6 nitrogen and oxygen atoms in total. The number of carbonyl (C=O) groups is 1. The van der Waals surface area contributed by atoms with Crippen molar-refractivity contribution >= 4 is 5.97 Å². The Morgan fingerprint density at radius 3 is 2.44 bits per heavy atom. The van der Waals surface area contributed by atoms with Crippen molar-refractivity contribution in [3.05, 3.63) is 11.8 Å². The van der Waals surface area contributed by atoms with Crippen LogP contribution in [-0.2, 0) is 4.74 Å². The minimum atomic E-state index is -5.09. The maximum Gasteiger partial charge on any atom is 0.573 e. The number of hydrogen-bond acceptors (Lipinski definition) is 6. The van der Waals surface area contributed by atoms with Crippen LogP contribution in [0.3, 0.4) is 0 Å². The lowest BCUT2D eigenvalue weighted by molar-refractivity contribution is -0.275. The second kappa shape index (κ2) is 4.98. The number of pyridine rings is 1. The predicted molar refractivity (Wildman–Crippen MR) is 50.5 cm³/mol. The third-order valence-corrected chi connectivity index (χ3v) is 1.79. The molecule has 0 aliphatic rings. The van der Waals surface area contributed by atoms with Crippen LogP contribution in [0.5, 0.6) is 17.4 Å². The molecule has 0 atom stereocenters. The van der Waals surface area contributed by atoms with Gasteiger partial charge in [0, 0.05) is 6.20 Å². The zero-order valence-corrected chi connectivity index (χ0v) is 9.24. The van der Waals surface area contributed by atoms with E-state index in [-0.39, 0.29) is 0 Å². The lowest BCUT2D eigenvalue weighted by Crippen LogP contribution is -2.20. The summed E-state index contributed by atoms with van der Waals surface area (Å²) in [6.07, 6.45) is -4.35. The molecule has 1 rings (SSSR count). The summed E-state index contributed by atoms with van der Waals surface area (Å²) in [4.78, 5) is 14.6. The van der Waals surface area contributed by atoms with E-state index in [1.807, 2.05) is 0 Å². The number of nitrogens with zero attached hydrogens (tertiary/aromatic N) is 1. The van der Waals surface area contributed by atoms with E-state index in [9.17, 15) is 23.1 Å². The molecule has 0 aliphatic carbocycles. The Balaban J connectivity index is 3.35. The highest BCUT2D eigenvalue weighted by Gasteiger charge is 2.36. The smallest absolute Gasteiger partial charge is 0.501 e. The largest absolute Gasteiger partial charge is 0.573 e. The van der Waals surface area contributed by atoms with Gasteiger partial charge in [0.25, 0.3) is 5.88 Å². The van der Waals surface area contributed by atoms with Gasteiger partial charge in [0.15, 0.2) is 5.75 Å². The second-order valence-electron chi connectivity index (χ2n) is 2.90. The van der Waals surface area contributed by atoms with Gasteiger partial charge in [-0.25, -0.2) is 9.78 Å². The number of rotatable bonds is 3. The van der Waals surface area contributed by atoms with E-state index in [2.05, 4.69) is 19.2 Å². The Labute approximate surface area is 98.9 Å². The van der Waals surface area contributed by atoms with Crippen molar-refractivity contribution in [1.29, 1.82) is 0 Å². The van der Waals surface area contributed by atoms with Gasteiger partial charge in [-0.1, -0.05) is 0 Å². The molecule has 0 radical (unpaired) electrons. The highest BCUT2D eigenvalue weighted by atomic mass is 19.4. The SMILES string of the molecule is COC(=O)c1cnc(OC)c(O)c1OC(F)(F)F. The molecule has 1 heterocycles. The zero-order chi connectivity index (χ0) is 13.9. The van der Waals surface area contributed by atoms with Crippen LogP contribution < -0.4 is 9.47 Å². The molecule has 0 aromatic carbocycles. The molecule has 0 amide bonds. The zero-order valence-electron chi connectivity index (χ0n) is 9.24. The number of alkyl halides is 3. The molecule has 0 unspecified atom stereocenters. The van der Waals surface area contributed by atoms with Crippen LogP contribution in [-0.4, -0.2) is 36.6 Å². The van der Waals surface area contributed by atoms with Gasteiger partial charge in [0.1, 0.15) is 5.56 Å². The third-order valence-electron chi connectivity index (χ3n) is 1.79. The van der Waals surface area contributed by atoms with Crippen molar-refractivity contribution in [2.45, 2.75) is 6.36 Å². The Kier molecular flexibility index (Phi) is 3.84. The van der Waals surface area contributed by atoms with Gasteiger partial charge < -0.3 is 19.3 Å². The number of carbonyl (C=O) groups excluding carboxylic acids is 1. The number of aromatic hydroxyl groups is 1. The number of ether oxygens (including phenoxy) is 3. The Hall–Kier alpha value is -2.19. The van der Waals surface area contributed by atoms with E-state index >= 15 is 0 Å². The van der Waals surface area contributed by atoms with Crippen molar-refractivity contribution in [3.8, 4) is 17.4 Å². The van der Waals surface area contributed by atoms with E-state index in [0.29, 0.717) is 0 Å². The summed E-state index contributed by atoms with van der Waals surface area (Å²) in [5, 5.41) is 9.46. The minimum Gasteiger partial charge on any atom is -0.501 e. The Bertz CT molecular complexity index is 460. The molecule has 9 heteroatoms. The maximum absolute atomic E-state index is 12.2. The van der Waals surface area contributed by atoms with Gasteiger partial charge in [-0.2, -0.15) is 0 Å². The third kappa shape index (κ3) is 2.93. The van der Waals surface area contributed by atoms with E-state index in [4.69, 9.17) is 0 Å². The standard InChI is InChI=1S/C9H8F3NO5/c1-16-7-5(14)6(18-9(10,11)12)4(3-13-7)8(15)17-2/h3,14H,1-2H3. The fraction of sp³-hybridized carbons (Fsp3) is 0.333. The summed E-state index contributed by atoms with van der Waals surface area (Å²) in [5.74, 6) is -3.82. The fourth-order valence-electron chi connectivity index (χ4n) is 1.09. The van der Waals surface area contributed by atoms with Crippen LogP contribution in [0.4, 0.5) is 13.2 Å². The Morgan fingerprint density at radius 1 is 1.39 bits per heavy atom. The number of halogens is 3. The summed E-state index contributed by atoms with van der Waals surface area (Å²) in [6.45, 7) is 0. The molecule has 1 aromatic heterocycles. The number of esters is 1. The summed E-state index contributed by atoms with van der Waals surface area (Å²) in [5.41, 5.74) is -0.673. The van der Waals surface area contributed by atoms with E-state index in [1.165, 1.54) is 0 Å². The first kappa shape index (κ1) is 13.9. The fourth-order valence-corrected chi connectivity index (χ4v) is 1.09. The van der Waals surface area contributed by atoms with Gasteiger partial charge in [-0.15, -0.1) is 13.2 Å². The molecular formula is C9H8F3NO5. The molecule has 0 saturated heterocycles. The van der Waals surface area contributed by atoms with Crippen LogP contribution in [0, 0.1) is 0 Å². The van der Waals surface area contributed by atoms with Crippen LogP contribution in [0.2, 0.25) is 0 Å². The first-order valence-corrected chi connectivity index (χ1v) is 4.40. The summed E-state index contributed by atoms with van der Waals surface area (Å²) < 4.78 is 48.8. The van der Waals surface area contributed by atoms with Gasteiger partial charge in [0.2, 0.25) is 5.75 Å². The molecule has 0 aliphatic heterocycles. The van der Waals surface area contributed by atoms with E-state index in [0.717, 1.165) is 20.4 Å². The minimum absolute atomic E-state index is 0.512. The molecule has 18 heavy (non-hydrogen) atoms. The van der Waals surface area contributed by atoms with Gasteiger partial charge >= 0.3 is 12.3 Å². The lowest BCUT2D eigenvalue weighted by atomic mass is 10.2.